The monoisotopic (exact) mass is 314 g/mol. The number of aromatic nitrogens is 2. The molecule has 1 aliphatic rings. The predicted octanol–water partition coefficient (Wildman–Crippen LogP) is 3.16. The minimum atomic E-state index is 0. The lowest BCUT2D eigenvalue weighted by atomic mass is 10.0. The van der Waals surface area contributed by atoms with Crippen molar-refractivity contribution in [2.45, 2.75) is 65.6 Å². The van der Waals surface area contributed by atoms with Crippen LogP contribution in [0.3, 0.4) is 0 Å². The molecule has 1 saturated heterocycles. The van der Waals surface area contributed by atoms with Gasteiger partial charge < -0.3 is 5.32 Å². The average molecular weight is 315 g/mol. The molecule has 1 aromatic heterocycles. The molecule has 0 radical (unpaired) electrons. The summed E-state index contributed by atoms with van der Waals surface area (Å²) in [4.78, 5) is 2.66. The number of rotatable bonds is 6. The smallest absolute Gasteiger partial charge is 0.0638 e. The Hall–Kier alpha value is -0.580. The maximum absolute atomic E-state index is 4.65. The van der Waals surface area contributed by atoms with Crippen molar-refractivity contribution in [3.63, 3.8) is 0 Å². The number of hydrogen-bond donors (Lipinski definition) is 1. The van der Waals surface area contributed by atoms with Gasteiger partial charge in [0.05, 0.1) is 5.69 Å². The van der Waals surface area contributed by atoms with E-state index >= 15 is 0 Å². The van der Waals surface area contributed by atoms with Crippen LogP contribution in [0, 0.1) is 6.92 Å². The number of halogens is 1. The normalized spacial score (nSPS) is 16.5. The van der Waals surface area contributed by atoms with Gasteiger partial charge in [0, 0.05) is 30.4 Å². The van der Waals surface area contributed by atoms with Gasteiger partial charge in [0.1, 0.15) is 0 Å². The van der Waals surface area contributed by atoms with Crippen molar-refractivity contribution >= 4 is 12.4 Å². The highest BCUT2D eigenvalue weighted by molar-refractivity contribution is 5.85. The molecule has 0 spiro atoms. The molecular formula is C16H31ClN4. The Kier molecular flexibility index (Phi) is 7.71. The molecule has 122 valence electrons. The predicted molar refractivity (Wildman–Crippen MR) is 91.2 cm³/mol. The first-order valence-corrected chi connectivity index (χ1v) is 8.11. The highest BCUT2D eigenvalue weighted by Gasteiger charge is 2.21. The van der Waals surface area contributed by atoms with Gasteiger partial charge in [0.15, 0.2) is 0 Å². The van der Waals surface area contributed by atoms with Crippen LogP contribution >= 0.6 is 12.4 Å². The van der Waals surface area contributed by atoms with Crippen LogP contribution in [0.1, 0.15) is 57.3 Å². The van der Waals surface area contributed by atoms with Gasteiger partial charge in [-0.1, -0.05) is 6.92 Å². The van der Waals surface area contributed by atoms with Crippen LogP contribution in [-0.4, -0.2) is 40.4 Å². The van der Waals surface area contributed by atoms with Crippen LogP contribution < -0.4 is 5.32 Å². The lowest BCUT2D eigenvalue weighted by Crippen LogP contribution is -2.43. The minimum Gasteiger partial charge on any atom is -0.317 e. The Balaban J connectivity index is 0.00000220. The van der Waals surface area contributed by atoms with Gasteiger partial charge in [-0.25, -0.2) is 0 Å². The largest absolute Gasteiger partial charge is 0.317 e. The van der Waals surface area contributed by atoms with Gasteiger partial charge in [-0.2, -0.15) is 5.10 Å². The third kappa shape index (κ3) is 4.97. The van der Waals surface area contributed by atoms with Crippen molar-refractivity contribution in [2.24, 2.45) is 0 Å². The number of aryl methyl sites for hydroxylation is 1. The van der Waals surface area contributed by atoms with E-state index in [-0.39, 0.29) is 12.4 Å². The summed E-state index contributed by atoms with van der Waals surface area (Å²) in [5, 5.41) is 8.11. The van der Waals surface area contributed by atoms with Gasteiger partial charge in [0.25, 0.3) is 0 Å². The molecule has 21 heavy (non-hydrogen) atoms. The first-order chi connectivity index (χ1) is 9.61. The van der Waals surface area contributed by atoms with Crippen LogP contribution in [0.25, 0.3) is 0 Å². The molecule has 0 bridgehead atoms. The molecule has 0 atom stereocenters. The Morgan fingerprint density at radius 3 is 2.57 bits per heavy atom. The molecule has 0 aromatic carbocycles. The highest BCUT2D eigenvalue weighted by Crippen LogP contribution is 2.18. The summed E-state index contributed by atoms with van der Waals surface area (Å²) in [6.45, 7) is 13.4. The van der Waals surface area contributed by atoms with E-state index in [2.05, 4.69) is 53.9 Å². The zero-order chi connectivity index (χ0) is 14.5. The molecule has 1 aromatic rings. The van der Waals surface area contributed by atoms with Crippen molar-refractivity contribution in [1.29, 1.82) is 0 Å². The fourth-order valence-corrected chi connectivity index (χ4v) is 3.01. The summed E-state index contributed by atoms with van der Waals surface area (Å²) in [7, 11) is 0. The molecule has 0 saturated carbocycles. The second-order valence-electron chi connectivity index (χ2n) is 6.27. The molecule has 0 amide bonds. The quantitative estimate of drug-likeness (QED) is 0.875. The van der Waals surface area contributed by atoms with Crippen molar-refractivity contribution in [3.8, 4) is 0 Å². The van der Waals surface area contributed by atoms with E-state index in [9.17, 15) is 0 Å². The van der Waals surface area contributed by atoms with Crippen LogP contribution in [0.5, 0.6) is 0 Å². The number of nitrogens with zero attached hydrogens (tertiary/aromatic N) is 3. The van der Waals surface area contributed by atoms with Gasteiger partial charge in [-0.15, -0.1) is 12.4 Å². The van der Waals surface area contributed by atoms with Gasteiger partial charge in [0.2, 0.25) is 0 Å². The van der Waals surface area contributed by atoms with Gasteiger partial charge in [-0.3, -0.25) is 9.58 Å². The molecule has 1 N–H and O–H groups in total. The first kappa shape index (κ1) is 18.5. The Morgan fingerprint density at radius 1 is 1.38 bits per heavy atom. The zero-order valence-electron chi connectivity index (χ0n) is 13.9. The van der Waals surface area contributed by atoms with E-state index in [1.807, 2.05) is 0 Å². The summed E-state index contributed by atoms with van der Waals surface area (Å²) in [5.74, 6) is 0. The number of hydrogen-bond acceptors (Lipinski definition) is 3. The van der Waals surface area contributed by atoms with Gasteiger partial charge in [-0.05, 0) is 59.7 Å². The lowest BCUT2D eigenvalue weighted by Gasteiger charge is -2.34. The van der Waals surface area contributed by atoms with Crippen LogP contribution in [0.2, 0.25) is 0 Å². The third-order valence-corrected chi connectivity index (χ3v) is 4.26. The number of piperidine rings is 1. The Morgan fingerprint density at radius 2 is 2.05 bits per heavy atom. The Labute approximate surface area is 135 Å². The van der Waals surface area contributed by atoms with E-state index in [4.69, 9.17) is 0 Å². The summed E-state index contributed by atoms with van der Waals surface area (Å²) in [5.41, 5.74) is 2.58. The molecule has 0 unspecified atom stereocenters. The minimum absolute atomic E-state index is 0. The van der Waals surface area contributed by atoms with Crippen molar-refractivity contribution in [1.82, 2.24) is 20.0 Å². The second-order valence-corrected chi connectivity index (χ2v) is 6.27. The fourth-order valence-electron chi connectivity index (χ4n) is 3.01. The second kappa shape index (κ2) is 8.76. The van der Waals surface area contributed by atoms with E-state index in [0.29, 0.717) is 6.04 Å². The molecule has 2 rings (SSSR count). The third-order valence-electron chi connectivity index (χ3n) is 4.26. The Bertz CT molecular complexity index is 410. The first-order valence-electron chi connectivity index (χ1n) is 8.11. The van der Waals surface area contributed by atoms with E-state index in [1.165, 1.54) is 37.1 Å². The standard InChI is InChI=1S/C16H30N4.ClH/c1-5-10-19(16-6-8-17-9-7-16)11-15-12-20(13(2)3)18-14(15)4;/h12-13,16-17H,5-11H2,1-4H3;1H. The molecule has 0 aliphatic carbocycles. The van der Waals surface area contributed by atoms with E-state index in [0.717, 1.165) is 25.7 Å². The molecule has 1 fully saturated rings. The van der Waals surface area contributed by atoms with Crippen molar-refractivity contribution < 1.29 is 0 Å². The van der Waals surface area contributed by atoms with E-state index in [1.54, 1.807) is 0 Å². The van der Waals surface area contributed by atoms with Crippen LogP contribution in [-0.2, 0) is 6.54 Å². The summed E-state index contributed by atoms with van der Waals surface area (Å²) < 4.78 is 2.09. The molecule has 5 heteroatoms. The highest BCUT2D eigenvalue weighted by atomic mass is 35.5. The van der Waals surface area contributed by atoms with Crippen molar-refractivity contribution in [3.05, 3.63) is 17.5 Å². The number of nitrogens with one attached hydrogen (secondary N) is 1. The average Bonchev–Trinajstić information content (AvgIpc) is 2.81. The van der Waals surface area contributed by atoms with Crippen LogP contribution in [0.4, 0.5) is 0 Å². The molecule has 1 aliphatic heterocycles. The maximum Gasteiger partial charge on any atom is 0.0638 e. The van der Waals surface area contributed by atoms with Crippen molar-refractivity contribution in [2.75, 3.05) is 19.6 Å². The van der Waals surface area contributed by atoms with Gasteiger partial charge >= 0.3 is 0 Å². The summed E-state index contributed by atoms with van der Waals surface area (Å²) >= 11 is 0. The van der Waals surface area contributed by atoms with Crippen LogP contribution in [0.15, 0.2) is 6.20 Å². The zero-order valence-corrected chi connectivity index (χ0v) is 14.7. The molecule has 4 nitrogen and oxygen atoms in total. The molecular weight excluding hydrogens is 284 g/mol. The molecule has 2 heterocycles. The SMILES string of the molecule is CCCN(Cc1cn(C(C)C)nc1C)C1CCNCC1.Cl. The van der Waals surface area contributed by atoms with E-state index < -0.39 is 0 Å². The maximum atomic E-state index is 4.65. The fraction of sp³-hybridized carbons (Fsp3) is 0.812. The summed E-state index contributed by atoms with van der Waals surface area (Å²) in [6, 6.07) is 1.18. The summed E-state index contributed by atoms with van der Waals surface area (Å²) in [6.07, 6.45) is 6.01. The topological polar surface area (TPSA) is 33.1 Å². The lowest BCUT2D eigenvalue weighted by molar-refractivity contribution is 0.154.